The van der Waals surface area contributed by atoms with E-state index < -0.39 is 6.36 Å². The Bertz CT molecular complexity index is 529. The van der Waals surface area contributed by atoms with E-state index in [4.69, 9.17) is 5.73 Å². The fourth-order valence-electron chi connectivity index (χ4n) is 2.02. The van der Waals surface area contributed by atoms with Crippen molar-refractivity contribution in [2.24, 2.45) is 22.1 Å². The Kier molecular flexibility index (Phi) is 5.94. The van der Waals surface area contributed by atoms with Gasteiger partial charge in [0.15, 0.2) is 5.96 Å². The van der Waals surface area contributed by atoms with Crippen LogP contribution >= 0.6 is 24.0 Å². The fourth-order valence-corrected chi connectivity index (χ4v) is 2.02. The predicted octanol–water partition coefficient (Wildman–Crippen LogP) is 3.98. The summed E-state index contributed by atoms with van der Waals surface area (Å²) in [5.74, 6) is 0.519. The summed E-state index contributed by atoms with van der Waals surface area (Å²) in [6, 6.07) is 5.33. The molecule has 1 fully saturated rings. The molecule has 22 heavy (non-hydrogen) atoms. The summed E-state index contributed by atoms with van der Waals surface area (Å²) in [7, 11) is 0. The number of halogens is 4. The van der Waals surface area contributed by atoms with Gasteiger partial charge in [0.1, 0.15) is 5.75 Å². The number of hydrogen-bond acceptors (Lipinski definition) is 2. The lowest BCUT2D eigenvalue weighted by Gasteiger charge is -2.10. The van der Waals surface area contributed by atoms with Crippen LogP contribution in [0.5, 0.6) is 5.75 Å². The summed E-state index contributed by atoms with van der Waals surface area (Å²) >= 11 is 0. The molecule has 1 aliphatic rings. The van der Waals surface area contributed by atoms with Gasteiger partial charge in [0.05, 0.1) is 0 Å². The number of nitrogens with one attached hydrogen (secondary N) is 1. The highest BCUT2D eigenvalue weighted by molar-refractivity contribution is 14.0. The average molecular weight is 429 g/mol. The third-order valence-electron chi connectivity index (χ3n) is 3.56. The number of anilines is 1. The zero-order valence-corrected chi connectivity index (χ0v) is 14.6. The fraction of sp³-hybridized carbons (Fsp3) is 0.500. The molecule has 0 saturated heterocycles. The molecule has 1 aromatic carbocycles. The van der Waals surface area contributed by atoms with Gasteiger partial charge in [-0.1, -0.05) is 13.8 Å². The topological polar surface area (TPSA) is 59.6 Å². The molecule has 0 aliphatic heterocycles. The second kappa shape index (κ2) is 6.93. The molecule has 124 valence electrons. The van der Waals surface area contributed by atoms with E-state index in [2.05, 4.69) is 28.9 Å². The van der Waals surface area contributed by atoms with Crippen LogP contribution in [0.4, 0.5) is 18.9 Å². The van der Waals surface area contributed by atoms with Crippen LogP contribution in [0.1, 0.15) is 20.3 Å². The molecule has 1 aliphatic carbocycles. The predicted molar refractivity (Wildman–Crippen MR) is 90.5 cm³/mol. The average Bonchev–Trinajstić information content (AvgIpc) is 2.95. The van der Waals surface area contributed by atoms with Gasteiger partial charge >= 0.3 is 6.36 Å². The van der Waals surface area contributed by atoms with E-state index in [9.17, 15) is 13.2 Å². The minimum Gasteiger partial charge on any atom is -0.406 e. The van der Waals surface area contributed by atoms with Gasteiger partial charge in [0.25, 0.3) is 0 Å². The maximum Gasteiger partial charge on any atom is 0.573 e. The first-order chi connectivity index (χ1) is 9.66. The third kappa shape index (κ3) is 5.90. The van der Waals surface area contributed by atoms with E-state index in [-0.39, 0.29) is 35.7 Å². The molecule has 0 spiro atoms. The number of ether oxygens (including phenoxy) is 1. The molecule has 1 unspecified atom stereocenters. The molecule has 1 saturated carbocycles. The maximum atomic E-state index is 12.0. The van der Waals surface area contributed by atoms with Crippen molar-refractivity contribution in [2.45, 2.75) is 26.6 Å². The van der Waals surface area contributed by atoms with Gasteiger partial charge in [-0.3, -0.25) is 4.99 Å². The molecule has 0 bridgehead atoms. The molecule has 3 N–H and O–H groups in total. The highest BCUT2D eigenvalue weighted by atomic mass is 127. The molecule has 8 heteroatoms. The Morgan fingerprint density at radius 3 is 2.36 bits per heavy atom. The Morgan fingerprint density at radius 1 is 1.36 bits per heavy atom. The summed E-state index contributed by atoms with van der Waals surface area (Å²) in [5, 5.41) is 2.83. The van der Waals surface area contributed by atoms with Gasteiger partial charge in [-0.05, 0) is 42.0 Å². The van der Waals surface area contributed by atoms with Crippen LogP contribution in [-0.2, 0) is 0 Å². The summed E-state index contributed by atoms with van der Waals surface area (Å²) in [6.45, 7) is 5.01. The second-order valence-electron chi connectivity index (χ2n) is 5.81. The normalized spacial score (nSPS) is 20.0. The molecule has 0 amide bonds. The van der Waals surface area contributed by atoms with Gasteiger partial charge in [0.2, 0.25) is 0 Å². The smallest absolute Gasteiger partial charge is 0.406 e. The van der Waals surface area contributed by atoms with E-state index >= 15 is 0 Å². The molecule has 1 aromatic rings. The number of benzene rings is 1. The Labute approximate surface area is 144 Å². The molecular formula is C14H19F3IN3O. The Hall–Kier alpha value is -1.19. The number of guanidine groups is 1. The van der Waals surface area contributed by atoms with E-state index in [0.717, 1.165) is 6.42 Å². The minimum atomic E-state index is -4.69. The van der Waals surface area contributed by atoms with E-state index in [1.807, 2.05) is 0 Å². The van der Waals surface area contributed by atoms with Crippen molar-refractivity contribution in [1.82, 2.24) is 0 Å². The largest absolute Gasteiger partial charge is 0.573 e. The van der Waals surface area contributed by atoms with E-state index in [0.29, 0.717) is 23.6 Å². The summed E-state index contributed by atoms with van der Waals surface area (Å²) in [5.41, 5.74) is 6.63. The van der Waals surface area contributed by atoms with Crippen molar-refractivity contribution in [3.8, 4) is 5.75 Å². The number of nitrogens with zero attached hydrogens (tertiary/aromatic N) is 1. The van der Waals surface area contributed by atoms with Gasteiger partial charge in [0, 0.05) is 12.2 Å². The minimum absolute atomic E-state index is 0. The molecule has 2 rings (SSSR count). The number of rotatable bonds is 4. The van der Waals surface area contributed by atoms with Gasteiger partial charge < -0.3 is 15.8 Å². The molecule has 1 atom stereocenters. The first-order valence-electron chi connectivity index (χ1n) is 6.58. The summed E-state index contributed by atoms with van der Waals surface area (Å²) < 4.78 is 39.8. The molecule has 0 radical (unpaired) electrons. The second-order valence-corrected chi connectivity index (χ2v) is 5.81. The highest BCUT2D eigenvalue weighted by Gasteiger charge is 2.45. The molecule has 4 nitrogen and oxygen atoms in total. The van der Waals surface area contributed by atoms with Gasteiger partial charge in [-0.2, -0.15) is 0 Å². The van der Waals surface area contributed by atoms with Gasteiger partial charge in [-0.25, -0.2) is 0 Å². The van der Waals surface area contributed by atoms with Crippen LogP contribution < -0.4 is 15.8 Å². The number of nitrogens with two attached hydrogens (primary N) is 1. The van der Waals surface area contributed by atoms with Crippen molar-refractivity contribution in [3.63, 3.8) is 0 Å². The van der Waals surface area contributed by atoms with Crippen molar-refractivity contribution < 1.29 is 17.9 Å². The monoisotopic (exact) mass is 429 g/mol. The lowest BCUT2D eigenvalue weighted by atomic mass is 10.1. The Morgan fingerprint density at radius 2 is 1.91 bits per heavy atom. The molecule has 0 aromatic heterocycles. The number of alkyl halides is 3. The van der Waals surface area contributed by atoms with E-state index in [1.54, 1.807) is 0 Å². The van der Waals surface area contributed by atoms with Crippen LogP contribution in [0.15, 0.2) is 29.3 Å². The zero-order valence-electron chi connectivity index (χ0n) is 12.3. The molecule has 0 heterocycles. The molecular weight excluding hydrogens is 410 g/mol. The zero-order chi connectivity index (χ0) is 15.7. The van der Waals surface area contributed by atoms with Crippen molar-refractivity contribution in [3.05, 3.63) is 24.3 Å². The maximum absolute atomic E-state index is 12.0. The lowest BCUT2D eigenvalue weighted by molar-refractivity contribution is -0.274. The van der Waals surface area contributed by atoms with Crippen molar-refractivity contribution >= 4 is 35.6 Å². The summed E-state index contributed by atoms with van der Waals surface area (Å²) in [6.07, 6.45) is -3.56. The van der Waals surface area contributed by atoms with Crippen LogP contribution in [0.3, 0.4) is 0 Å². The quantitative estimate of drug-likeness (QED) is 0.433. The third-order valence-corrected chi connectivity index (χ3v) is 3.56. The number of aliphatic imine (C=N–C) groups is 1. The lowest BCUT2D eigenvalue weighted by Crippen LogP contribution is -2.23. The Balaban J connectivity index is 0.00000242. The first-order valence-corrected chi connectivity index (χ1v) is 6.58. The summed E-state index contributed by atoms with van der Waals surface area (Å²) in [4.78, 5) is 4.23. The van der Waals surface area contributed by atoms with Crippen LogP contribution in [0.2, 0.25) is 0 Å². The van der Waals surface area contributed by atoms with Crippen LogP contribution in [-0.4, -0.2) is 18.9 Å². The van der Waals surface area contributed by atoms with Crippen LogP contribution in [0.25, 0.3) is 0 Å². The standard InChI is InChI=1S/C14H18F3N3O.HI/c1-13(2)7-9(13)8-19-12(18)20-10-3-5-11(6-4-10)21-14(15,16)17;/h3-6,9H,7-8H2,1-2H3,(H3,18,19,20);1H. The highest BCUT2D eigenvalue weighted by Crippen LogP contribution is 2.51. The number of hydrogen-bond donors (Lipinski definition) is 2. The van der Waals surface area contributed by atoms with E-state index in [1.165, 1.54) is 24.3 Å². The van der Waals surface area contributed by atoms with Gasteiger partial charge in [-0.15, -0.1) is 37.1 Å². The SMILES string of the molecule is CC1(C)CC1CN=C(N)Nc1ccc(OC(F)(F)F)cc1.I. The van der Waals surface area contributed by atoms with Crippen molar-refractivity contribution in [2.75, 3.05) is 11.9 Å². The van der Waals surface area contributed by atoms with Crippen molar-refractivity contribution in [1.29, 1.82) is 0 Å². The first kappa shape index (κ1) is 18.9. The van der Waals surface area contributed by atoms with Crippen LogP contribution in [0, 0.1) is 11.3 Å².